The summed E-state index contributed by atoms with van der Waals surface area (Å²) in [5.74, 6) is -0.713. The molecule has 2 rings (SSSR count). The first-order valence-corrected chi connectivity index (χ1v) is 6.85. The molecule has 1 aliphatic rings. The van der Waals surface area contributed by atoms with Crippen molar-refractivity contribution in [2.24, 2.45) is 5.73 Å². The van der Waals surface area contributed by atoms with Crippen molar-refractivity contribution in [3.8, 4) is 0 Å². The van der Waals surface area contributed by atoms with E-state index < -0.39 is 5.82 Å². The Kier molecular flexibility index (Phi) is 7.42. The lowest BCUT2D eigenvalue weighted by atomic mass is 10.1. The molecule has 1 heterocycles. The predicted octanol–water partition coefficient (Wildman–Crippen LogP) is 1.67. The van der Waals surface area contributed by atoms with Gasteiger partial charge in [0, 0.05) is 25.3 Å². The highest BCUT2D eigenvalue weighted by atomic mass is 35.5. The Morgan fingerprint density at radius 1 is 1.38 bits per heavy atom. The molecule has 1 aliphatic heterocycles. The summed E-state index contributed by atoms with van der Waals surface area (Å²) in [7, 11) is 0. The summed E-state index contributed by atoms with van der Waals surface area (Å²) in [5, 5.41) is 10.6. The molecule has 0 aliphatic carbocycles. The van der Waals surface area contributed by atoms with Crippen LogP contribution in [0.25, 0.3) is 0 Å². The van der Waals surface area contributed by atoms with Gasteiger partial charge < -0.3 is 15.8 Å². The molecule has 0 bridgehead atoms. The van der Waals surface area contributed by atoms with Gasteiger partial charge in [0.2, 0.25) is 0 Å². The van der Waals surface area contributed by atoms with Crippen molar-refractivity contribution in [3.05, 3.63) is 29.6 Å². The number of anilines is 1. The second-order valence-electron chi connectivity index (χ2n) is 4.81. The van der Waals surface area contributed by atoms with Crippen LogP contribution in [0.1, 0.15) is 12.0 Å². The Bertz CT molecular complexity index is 466. The molecule has 0 saturated carbocycles. The fraction of sp³-hybridized carbons (Fsp3) is 0.500. The molecule has 5 nitrogen and oxygen atoms in total. The van der Waals surface area contributed by atoms with Crippen molar-refractivity contribution in [2.45, 2.75) is 6.42 Å². The molecule has 21 heavy (non-hydrogen) atoms. The van der Waals surface area contributed by atoms with Gasteiger partial charge in [-0.1, -0.05) is 6.07 Å². The molecule has 0 radical (unpaired) electrons. The SMILES string of the molecule is Cl.N=C(N)c1c(F)cccc1NCCCN1CCOCC1. The molecule has 1 fully saturated rings. The van der Waals surface area contributed by atoms with Crippen molar-refractivity contribution in [3.63, 3.8) is 0 Å². The molecule has 7 heteroatoms. The minimum Gasteiger partial charge on any atom is -0.384 e. The Labute approximate surface area is 130 Å². The first-order chi connectivity index (χ1) is 9.68. The van der Waals surface area contributed by atoms with E-state index in [0.29, 0.717) is 5.69 Å². The monoisotopic (exact) mass is 316 g/mol. The molecule has 0 amide bonds. The molecule has 118 valence electrons. The van der Waals surface area contributed by atoms with Gasteiger partial charge in [-0.3, -0.25) is 10.3 Å². The largest absolute Gasteiger partial charge is 0.384 e. The number of nitrogens with one attached hydrogen (secondary N) is 2. The van der Waals surface area contributed by atoms with Gasteiger partial charge in [-0.25, -0.2) is 4.39 Å². The molecule has 0 aromatic heterocycles. The third-order valence-corrected chi connectivity index (χ3v) is 3.35. The third kappa shape index (κ3) is 5.15. The number of hydrogen-bond donors (Lipinski definition) is 3. The van der Waals surface area contributed by atoms with Crippen LogP contribution in [-0.4, -0.2) is 50.1 Å². The number of ether oxygens (including phenoxy) is 1. The molecule has 0 unspecified atom stereocenters. The Balaban J connectivity index is 0.00000220. The lowest BCUT2D eigenvalue weighted by Crippen LogP contribution is -2.37. The molecule has 0 atom stereocenters. The normalized spacial score (nSPS) is 15.3. The summed E-state index contributed by atoms with van der Waals surface area (Å²) in [6.45, 7) is 5.25. The second-order valence-corrected chi connectivity index (χ2v) is 4.81. The maximum absolute atomic E-state index is 13.6. The Morgan fingerprint density at radius 2 is 2.10 bits per heavy atom. The number of morpholine rings is 1. The number of benzene rings is 1. The maximum Gasteiger partial charge on any atom is 0.136 e. The molecule has 0 spiro atoms. The van der Waals surface area contributed by atoms with E-state index in [0.717, 1.165) is 45.8 Å². The molecular formula is C14H22ClFN4O. The fourth-order valence-electron chi connectivity index (χ4n) is 2.30. The third-order valence-electron chi connectivity index (χ3n) is 3.35. The minimum atomic E-state index is -0.462. The number of nitrogens with zero attached hydrogens (tertiary/aromatic N) is 1. The van der Waals surface area contributed by atoms with Crippen LogP contribution in [0.5, 0.6) is 0 Å². The predicted molar refractivity (Wildman–Crippen MR) is 85.0 cm³/mol. The average Bonchev–Trinajstić information content (AvgIpc) is 2.44. The average molecular weight is 317 g/mol. The van der Waals surface area contributed by atoms with E-state index in [1.54, 1.807) is 12.1 Å². The van der Waals surface area contributed by atoms with Crippen molar-refractivity contribution in [1.82, 2.24) is 4.90 Å². The van der Waals surface area contributed by atoms with Gasteiger partial charge >= 0.3 is 0 Å². The quantitative estimate of drug-likeness (QED) is 0.424. The van der Waals surface area contributed by atoms with Crippen molar-refractivity contribution in [1.29, 1.82) is 5.41 Å². The van der Waals surface area contributed by atoms with Gasteiger partial charge in [-0.05, 0) is 25.1 Å². The molecular weight excluding hydrogens is 295 g/mol. The van der Waals surface area contributed by atoms with Gasteiger partial charge in [0.25, 0.3) is 0 Å². The smallest absolute Gasteiger partial charge is 0.136 e. The van der Waals surface area contributed by atoms with E-state index >= 15 is 0 Å². The van der Waals surface area contributed by atoms with E-state index in [1.807, 2.05) is 0 Å². The Hall–Kier alpha value is -1.37. The van der Waals surface area contributed by atoms with Gasteiger partial charge in [-0.15, -0.1) is 12.4 Å². The number of hydrogen-bond acceptors (Lipinski definition) is 4. The summed E-state index contributed by atoms with van der Waals surface area (Å²) < 4.78 is 18.9. The fourth-order valence-corrected chi connectivity index (χ4v) is 2.30. The summed E-state index contributed by atoms with van der Waals surface area (Å²) in [6, 6.07) is 4.68. The highest BCUT2D eigenvalue weighted by Gasteiger charge is 2.12. The minimum absolute atomic E-state index is 0. The number of amidine groups is 1. The van der Waals surface area contributed by atoms with Crippen molar-refractivity contribution >= 4 is 23.9 Å². The summed E-state index contributed by atoms with van der Waals surface area (Å²) in [4.78, 5) is 2.35. The summed E-state index contributed by atoms with van der Waals surface area (Å²) >= 11 is 0. The van der Waals surface area contributed by atoms with Gasteiger partial charge in [0.1, 0.15) is 11.7 Å². The summed E-state index contributed by atoms with van der Waals surface area (Å²) in [6.07, 6.45) is 0.952. The van der Waals surface area contributed by atoms with Crippen LogP contribution < -0.4 is 11.1 Å². The number of rotatable bonds is 6. The zero-order valence-electron chi connectivity index (χ0n) is 11.9. The van der Waals surface area contributed by atoms with Gasteiger partial charge in [0.15, 0.2) is 0 Å². The van der Waals surface area contributed by atoms with E-state index in [-0.39, 0.29) is 23.8 Å². The molecule has 1 saturated heterocycles. The maximum atomic E-state index is 13.6. The zero-order chi connectivity index (χ0) is 14.4. The lowest BCUT2D eigenvalue weighted by molar-refractivity contribution is 0.0378. The van der Waals surface area contributed by atoms with Gasteiger partial charge in [0.05, 0.1) is 18.8 Å². The van der Waals surface area contributed by atoms with Gasteiger partial charge in [-0.2, -0.15) is 0 Å². The van der Waals surface area contributed by atoms with E-state index in [1.165, 1.54) is 6.07 Å². The standard InChI is InChI=1S/C14H21FN4O.ClH/c15-11-3-1-4-12(13(11)14(16)17)18-5-2-6-19-7-9-20-10-8-19;/h1,3-4,18H,2,5-10H2,(H3,16,17);1H. The molecule has 1 aromatic rings. The Morgan fingerprint density at radius 3 is 2.76 bits per heavy atom. The van der Waals surface area contributed by atoms with Crippen LogP contribution in [-0.2, 0) is 4.74 Å². The van der Waals surface area contributed by atoms with Crippen LogP contribution in [0.2, 0.25) is 0 Å². The zero-order valence-corrected chi connectivity index (χ0v) is 12.7. The number of nitrogen functional groups attached to an aromatic ring is 1. The van der Waals surface area contributed by atoms with Crippen molar-refractivity contribution in [2.75, 3.05) is 44.7 Å². The van der Waals surface area contributed by atoms with E-state index in [4.69, 9.17) is 15.9 Å². The number of nitrogens with two attached hydrogens (primary N) is 1. The highest BCUT2D eigenvalue weighted by molar-refractivity contribution is 6.00. The first kappa shape index (κ1) is 17.7. The summed E-state index contributed by atoms with van der Waals surface area (Å²) in [5.41, 5.74) is 6.15. The first-order valence-electron chi connectivity index (χ1n) is 6.85. The highest BCUT2D eigenvalue weighted by Crippen LogP contribution is 2.18. The van der Waals surface area contributed by atoms with E-state index in [2.05, 4.69) is 10.2 Å². The second kappa shape index (κ2) is 8.81. The lowest BCUT2D eigenvalue weighted by Gasteiger charge is -2.26. The number of halogens is 2. The van der Waals surface area contributed by atoms with Crippen LogP contribution in [0, 0.1) is 11.2 Å². The molecule has 1 aromatic carbocycles. The van der Waals surface area contributed by atoms with Crippen LogP contribution in [0.3, 0.4) is 0 Å². The van der Waals surface area contributed by atoms with Crippen molar-refractivity contribution < 1.29 is 9.13 Å². The van der Waals surface area contributed by atoms with Crippen LogP contribution in [0.4, 0.5) is 10.1 Å². The molecule has 4 N–H and O–H groups in total. The van der Waals surface area contributed by atoms with Crippen LogP contribution >= 0.6 is 12.4 Å². The van der Waals surface area contributed by atoms with Crippen LogP contribution in [0.15, 0.2) is 18.2 Å². The topological polar surface area (TPSA) is 74.4 Å². The van der Waals surface area contributed by atoms with E-state index in [9.17, 15) is 4.39 Å².